The Morgan fingerprint density at radius 2 is 1.69 bits per heavy atom. The van der Waals surface area contributed by atoms with Gasteiger partial charge >= 0.3 is 0 Å². The van der Waals surface area contributed by atoms with Crippen LogP contribution in [0.5, 0.6) is 0 Å². The molecule has 212 valence electrons. The summed E-state index contributed by atoms with van der Waals surface area (Å²) >= 11 is 1.45. The second-order valence-electron chi connectivity index (χ2n) is 11.4. The maximum Gasteiger partial charge on any atom is 0.253 e. The van der Waals surface area contributed by atoms with Crippen LogP contribution in [0.2, 0.25) is 16.6 Å². The average Bonchev–Trinajstić information content (AvgIpc) is 2.88. The highest BCUT2D eigenvalue weighted by Crippen LogP contribution is 2.41. The molecule has 2 heterocycles. The number of pyridine rings is 1. The normalized spacial score (nSPS) is 17.8. The molecule has 10 heteroatoms. The molecule has 39 heavy (non-hydrogen) atoms. The Balaban J connectivity index is 1.99. The lowest BCUT2D eigenvalue weighted by Crippen LogP contribution is -2.43. The van der Waals surface area contributed by atoms with Crippen LogP contribution in [0.1, 0.15) is 85.3 Å². The van der Waals surface area contributed by atoms with Gasteiger partial charge in [-0.05, 0) is 48.6 Å². The van der Waals surface area contributed by atoms with Gasteiger partial charge in [-0.15, -0.1) is 5.54 Å². The minimum atomic E-state index is -1.99. The standard InChI is InChI=1S/C29H43N5O3SSi/c1-18(2)39(19(3)4,20(5)6)14-13-21-15-27(37)34(28-24(21)17-31-29(33-28)38-8)23-11-9-22(10-12-23)32-26(36)16-25(35)30-7/h15,17-20,22-23H,9-12,16H2,1-8H3,(H,30,35)(H,32,36). The number of nitrogens with one attached hydrogen (secondary N) is 2. The molecule has 0 radical (unpaired) electrons. The van der Waals surface area contributed by atoms with Crippen molar-refractivity contribution in [3.05, 3.63) is 28.2 Å². The Morgan fingerprint density at radius 3 is 2.23 bits per heavy atom. The van der Waals surface area contributed by atoms with Crippen LogP contribution >= 0.6 is 11.8 Å². The van der Waals surface area contributed by atoms with E-state index in [0.717, 1.165) is 31.1 Å². The largest absolute Gasteiger partial charge is 0.359 e. The summed E-state index contributed by atoms with van der Waals surface area (Å²) in [5, 5.41) is 6.86. The third-order valence-electron chi connectivity index (χ3n) is 8.26. The number of amides is 2. The molecule has 0 bridgehead atoms. The maximum atomic E-state index is 13.6. The fourth-order valence-electron chi connectivity index (χ4n) is 6.26. The second-order valence-corrected chi connectivity index (χ2v) is 17.8. The molecule has 0 spiro atoms. The van der Waals surface area contributed by atoms with Crippen LogP contribution in [0.15, 0.2) is 22.2 Å². The zero-order chi connectivity index (χ0) is 28.9. The molecule has 2 aromatic rings. The number of hydrogen-bond acceptors (Lipinski definition) is 6. The van der Waals surface area contributed by atoms with Crippen molar-refractivity contribution in [2.24, 2.45) is 0 Å². The van der Waals surface area contributed by atoms with Gasteiger partial charge in [0.1, 0.15) is 20.1 Å². The molecule has 0 aliphatic heterocycles. The van der Waals surface area contributed by atoms with Crippen molar-refractivity contribution in [3.63, 3.8) is 0 Å². The first-order chi connectivity index (χ1) is 18.4. The predicted octanol–water partition coefficient (Wildman–Crippen LogP) is 4.82. The van der Waals surface area contributed by atoms with Crippen molar-refractivity contribution in [1.82, 2.24) is 25.2 Å². The van der Waals surface area contributed by atoms with E-state index in [9.17, 15) is 14.4 Å². The molecule has 3 rings (SSSR count). The van der Waals surface area contributed by atoms with E-state index in [2.05, 4.69) is 68.6 Å². The van der Waals surface area contributed by atoms with Gasteiger partial charge in [-0.3, -0.25) is 19.0 Å². The molecule has 0 atom stereocenters. The summed E-state index contributed by atoms with van der Waals surface area (Å²) in [5.74, 6) is 2.88. The fraction of sp³-hybridized carbons (Fsp3) is 0.621. The van der Waals surface area contributed by atoms with Gasteiger partial charge in [-0.1, -0.05) is 59.2 Å². The Bertz CT molecular complexity index is 1300. The third kappa shape index (κ3) is 6.75. The Morgan fingerprint density at radius 1 is 1.08 bits per heavy atom. The van der Waals surface area contributed by atoms with Gasteiger partial charge in [0.05, 0.1) is 5.39 Å². The van der Waals surface area contributed by atoms with Gasteiger partial charge in [-0.25, -0.2) is 9.97 Å². The Kier molecular flexibility index (Phi) is 10.4. The number of carbonyl (C=O) groups excluding carboxylic acids is 2. The van der Waals surface area contributed by atoms with Crippen LogP contribution < -0.4 is 16.2 Å². The number of rotatable bonds is 8. The zero-order valence-corrected chi connectivity index (χ0v) is 26.4. The molecular weight excluding hydrogens is 527 g/mol. The van der Waals surface area contributed by atoms with Crippen LogP contribution in [-0.2, 0) is 9.59 Å². The van der Waals surface area contributed by atoms with E-state index >= 15 is 0 Å². The van der Waals surface area contributed by atoms with E-state index in [0.29, 0.717) is 33.0 Å². The van der Waals surface area contributed by atoms with Gasteiger partial charge in [0.2, 0.25) is 11.8 Å². The number of carbonyl (C=O) groups is 2. The number of hydrogen-bond donors (Lipinski definition) is 2. The second kappa shape index (κ2) is 13.1. The third-order valence-corrected chi connectivity index (χ3v) is 15.1. The van der Waals surface area contributed by atoms with Crippen molar-refractivity contribution >= 4 is 42.7 Å². The number of fused-ring (bicyclic) bond motifs is 1. The van der Waals surface area contributed by atoms with Crippen LogP contribution in [-0.4, -0.2) is 53.8 Å². The van der Waals surface area contributed by atoms with E-state index in [1.54, 1.807) is 6.07 Å². The molecule has 8 nitrogen and oxygen atoms in total. The van der Waals surface area contributed by atoms with Gasteiger partial charge < -0.3 is 10.6 Å². The lowest BCUT2D eigenvalue weighted by atomic mass is 9.90. The maximum absolute atomic E-state index is 13.6. The Hall–Kier alpha value is -2.64. The zero-order valence-electron chi connectivity index (χ0n) is 24.6. The summed E-state index contributed by atoms with van der Waals surface area (Å²) < 4.78 is 1.81. The van der Waals surface area contributed by atoms with Crippen molar-refractivity contribution in [2.45, 2.75) is 108 Å². The number of nitrogens with zero attached hydrogens (tertiary/aromatic N) is 3. The molecule has 2 amide bonds. The minimum Gasteiger partial charge on any atom is -0.359 e. The monoisotopic (exact) mass is 569 g/mol. The lowest BCUT2D eigenvalue weighted by Gasteiger charge is -2.38. The van der Waals surface area contributed by atoms with E-state index in [-0.39, 0.29) is 35.9 Å². The highest BCUT2D eigenvalue weighted by Gasteiger charge is 2.41. The van der Waals surface area contributed by atoms with Crippen LogP contribution in [0, 0.1) is 11.5 Å². The van der Waals surface area contributed by atoms with Crippen molar-refractivity contribution < 1.29 is 9.59 Å². The summed E-state index contributed by atoms with van der Waals surface area (Å²) in [6.45, 7) is 13.7. The van der Waals surface area contributed by atoms with E-state index < -0.39 is 8.07 Å². The molecule has 1 fully saturated rings. The fourth-order valence-corrected chi connectivity index (χ4v) is 11.8. The van der Waals surface area contributed by atoms with Gasteiger partial charge in [0.25, 0.3) is 5.56 Å². The molecule has 0 saturated heterocycles. The minimum absolute atomic E-state index is 0.0110. The van der Waals surface area contributed by atoms with Gasteiger partial charge in [0, 0.05) is 37.0 Å². The highest BCUT2D eigenvalue weighted by molar-refractivity contribution is 7.98. The summed E-state index contributed by atoms with van der Waals surface area (Å²) in [7, 11) is -0.470. The van der Waals surface area contributed by atoms with Crippen LogP contribution in [0.25, 0.3) is 11.0 Å². The van der Waals surface area contributed by atoms with Crippen LogP contribution in [0.3, 0.4) is 0 Å². The molecular formula is C29H43N5O3SSi. The smallest absolute Gasteiger partial charge is 0.253 e. The van der Waals surface area contributed by atoms with E-state index in [1.807, 2.05) is 17.0 Å². The number of thioether (sulfide) groups is 1. The average molecular weight is 570 g/mol. The summed E-state index contributed by atoms with van der Waals surface area (Å²) in [6, 6.07) is 1.62. The van der Waals surface area contributed by atoms with Gasteiger partial charge in [0.15, 0.2) is 5.16 Å². The highest BCUT2D eigenvalue weighted by atomic mass is 32.2. The molecule has 1 aliphatic carbocycles. The molecule has 0 unspecified atom stereocenters. The molecule has 2 aromatic heterocycles. The Labute approximate surface area is 237 Å². The van der Waals surface area contributed by atoms with Crippen molar-refractivity contribution in [1.29, 1.82) is 0 Å². The molecule has 1 saturated carbocycles. The summed E-state index contributed by atoms with van der Waals surface area (Å²) in [5.41, 5.74) is 6.44. The van der Waals surface area contributed by atoms with Crippen molar-refractivity contribution in [3.8, 4) is 11.5 Å². The van der Waals surface area contributed by atoms with E-state index in [4.69, 9.17) is 4.98 Å². The van der Waals surface area contributed by atoms with Gasteiger partial charge in [-0.2, -0.15) is 0 Å². The topological polar surface area (TPSA) is 106 Å². The SMILES string of the molecule is CNC(=O)CC(=O)NC1CCC(n2c(=O)cc(C#C[Si](C(C)C)(C(C)C)C(C)C)c3cnc(SC)nc32)CC1. The van der Waals surface area contributed by atoms with Crippen LogP contribution in [0.4, 0.5) is 0 Å². The quantitative estimate of drug-likeness (QED) is 0.155. The first-order valence-electron chi connectivity index (χ1n) is 13.9. The summed E-state index contributed by atoms with van der Waals surface area (Å²) in [6.07, 6.45) is 6.47. The predicted molar refractivity (Wildman–Crippen MR) is 162 cm³/mol. The van der Waals surface area contributed by atoms with Crippen molar-refractivity contribution in [2.75, 3.05) is 13.3 Å². The summed E-state index contributed by atoms with van der Waals surface area (Å²) in [4.78, 5) is 46.6. The van der Waals surface area contributed by atoms with E-state index in [1.165, 1.54) is 18.8 Å². The molecule has 2 N–H and O–H groups in total. The first kappa shape index (κ1) is 30.9. The first-order valence-corrected chi connectivity index (χ1v) is 17.4. The lowest BCUT2D eigenvalue weighted by molar-refractivity contribution is -0.129. The molecule has 0 aromatic carbocycles. The molecule has 1 aliphatic rings. The number of aromatic nitrogens is 3.